The molecule has 1 N–H and O–H groups in total. The van der Waals surface area contributed by atoms with E-state index >= 15 is 0 Å². The maximum Gasteiger partial charge on any atom is 0.0186 e. The first-order chi connectivity index (χ1) is 3.77. The Morgan fingerprint density at radius 3 is 2.50 bits per heavy atom. The Hall–Kier alpha value is 0.270. The predicted octanol–water partition coefficient (Wildman–Crippen LogP) is 0.416. The van der Waals surface area contributed by atoms with E-state index < -0.39 is 0 Å². The van der Waals surface area contributed by atoms with Gasteiger partial charge in [0.2, 0.25) is 0 Å². The molecular weight excluding hydrogens is 120 g/mol. The Labute approximate surface area is 55.8 Å². The van der Waals surface area contributed by atoms with Crippen molar-refractivity contribution in [3.8, 4) is 0 Å². The van der Waals surface area contributed by atoms with Crippen LogP contribution in [0.1, 0.15) is 0 Å². The van der Waals surface area contributed by atoms with E-state index in [0.717, 1.165) is 13.1 Å². The summed E-state index contributed by atoms with van der Waals surface area (Å²) < 4.78 is 3.15. The summed E-state index contributed by atoms with van der Waals surface area (Å²) >= 11 is 1.67. The zero-order valence-electron chi connectivity index (χ0n) is 5.77. The summed E-state index contributed by atoms with van der Waals surface area (Å²) in [5.41, 5.74) is 0. The van der Waals surface area contributed by atoms with Crippen molar-refractivity contribution in [3.05, 3.63) is 0 Å². The molecule has 0 saturated carbocycles. The second-order valence-corrected chi connectivity index (χ2v) is 2.60. The first kappa shape index (κ1) is 8.27. The van der Waals surface area contributed by atoms with E-state index in [9.17, 15) is 0 Å². The Balaban J connectivity index is 2.72. The molecule has 0 saturated heterocycles. The quantitative estimate of drug-likeness (QED) is 0.443. The van der Waals surface area contributed by atoms with Gasteiger partial charge in [-0.2, -0.15) is 0 Å². The number of nitrogens with zero attached hydrogens (tertiary/aromatic N) is 1. The van der Waals surface area contributed by atoms with Crippen molar-refractivity contribution >= 4 is 11.9 Å². The van der Waals surface area contributed by atoms with Crippen LogP contribution in [0.5, 0.6) is 0 Å². The van der Waals surface area contributed by atoms with Crippen molar-refractivity contribution < 1.29 is 0 Å². The molecule has 0 aromatic heterocycles. The monoisotopic (exact) mass is 134 g/mol. The van der Waals surface area contributed by atoms with E-state index in [-0.39, 0.29) is 0 Å². The molecule has 0 amide bonds. The molecule has 0 aromatic rings. The van der Waals surface area contributed by atoms with Crippen molar-refractivity contribution in [1.29, 1.82) is 0 Å². The lowest BCUT2D eigenvalue weighted by Crippen LogP contribution is -2.22. The highest BCUT2D eigenvalue weighted by atomic mass is 32.2. The molecule has 0 unspecified atom stereocenters. The van der Waals surface area contributed by atoms with Crippen LogP contribution < -0.4 is 4.72 Å². The van der Waals surface area contributed by atoms with E-state index in [1.165, 1.54) is 0 Å². The van der Waals surface area contributed by atoms with Gasteiger partial charge in [-0.3, -0.25) is 4.72 Å². The average Bonchev–Trinajstić information content (AvgIpc) is 1.66. The molecule has 0 fully saturated rings. The number of rotatable bonds is 4. The third kappa shape index (κ3) is 6.27. The summed E-state index contributed by atoms with van der Waals surface area (Å²) in [4.78, 5) is 2.16. The molecule has 0 aliphatic rings. The predicted molar refractivity (Wildman–Crippen MR) is 40.1 cm³/mol. The Morgan fingerprint density at radius 2 is 2.12 bits per heavy atom. The van der Waals surface area contributed by atoms with Gasteiger partial charge >= 0.3 is 0 Å². The highest BCUT2D eigenvalue weighted by Gasteiger charge is 1.85. The maximum atomic E-state index is 3.15. The van der Waals surface area contributed by atoms with Gasteiger partial charge < -0.3 is 4.90 Å². The fourth-order valence-corrected chi connectivity index (χ4v) is 0.667. The minimum atomic E-state index is 1.06. The van der Waals surface area contributed by atoms with Crippen molar-refractivity contribution in [1.82, 2.24) is 9.62 Å². The molecule has 2 nitrogen and oxygen atoms in total. The van der Waals surface area contributed by atoms with E-state index in [4.69, 9.17) is 0 Å². The second kappa shape index (κ2) is 5.41. The SMILES string of the molecule is CSNCCN(C)C. The Bertz CT molecular complexity index is 47.7. The third-order valence-corrected chi connectivity index (χ3v) is 1.30. The van der Waals surface area contributed by atoms with Gasteiger partial charge in [0.25, 0.3) is 0 Å². The molecular formula is C5H14N2S. The van der Waals surface area contributed by atoms with Crippen LogP contribution in [0, 0.1) is 0 Å². The minimum absolute atomic E-state index is 1.06. The average molecular weight is 134 g/mol. The molecule has 0 atom stereocenters. The van der Waals surface area contributed by atoms with Crippen LogP contribution in [-0.4, -0.2) is 38.3 Å². The minimum Gasteiger partial charge on any atom is -0.308 e. The van der Waals surface area contributed by atoms with Crippen LogP contribution in [0.2, 0.25) is 0 Å². The van der Waals surface area contributed by atoms with E-state index in [2.05, 4.69) is 23.7 Å². The zero-order valence-corrected chi connectivity index (χ0v) is 6.59. The van der Waals surface area contributed by atoms with Gasteiger partial charge in [-0.1, -0.05) is 11.9 Å². The Kier molecular flexibility index (Phi) is 5.59. The summed E-state index contributed by atoms with van der Waals surface area (Å²) in [6.07, 6.45) is 2.04. The van der Waals surface area contributed by atoms with Gasteiger partial charge in [0, 0.05) is 13.1 Å². The molecule has 0 rings (SSSR count). The number of hydrogen-bond donors (Lipinski definition) is 1. The summed E-state index contributed by atoms with van der Waals surface area (Å²) in [5.74, 6) is 0. The largest absolute Gasteiger partial charge is 0.308 e. The maximum absolute atomic E-state index is 3.15. The van der Waals surface area contributed by atoms with Gasteiger partial charge in [0.15, 0.2) is 0 Å². The molecule has 3 heteroatoms. The molecule has 0 aliphatic heterocycles. The van der Waals surface area contributed by atoms with Crippen LogP contribution in [0.15, 0.2) is 0 Å². The van der Waals surface area contributed by atoms with Crippen LogP contribution in [0.25, 0.3) is 0 Å². The van der Waals surface area contributed by atoms with Crippen LogP contribution in [0.4, 0.5) is 0 Å². The van der Waals surface area contributed by atoms with Crippen molar-refractivity contribution in [3.63, 3.8) is 0 Å². The molecule has 50 valence electrons. The van der Waals surface area contributed by atoms with Gasteiger partial charge in [0.05, 0.1) is 0 Å². The number of hydrogen-bond acceptors (Lipinski definition) is 3. The van der Waals surface area contributed by atoms with Gasteiger partial charge in [-0.05, 0) is 20.4 Å². The summed E-state index contributed by atoms with van der Waals surface area (Å²) in [7, 11) is 4.14. The summed E-state index contributed by atoms with van der Waals surface area (Å²) in [6, 6.07) is 0. The van der Waals surface area contributed by atoms with Gasteiger partial charge in [0.1, 0.15) is 0 Å². The normalized spacial score (nSPS) is 10.5. The molecule has 0 spiro atoms. The van der Waals surface area contributed by atoms with E-state index in [1.807, 2.05) is 6.26 Å². The first-order valence-electron chi connectivity index (χ1n) is 2.68. The second-order valence-electron chi connectivity index (χ2n) is 1.90. The molecule has 0 aromatic carbocycles. The summed E-state index contributed by atoms with van der Waals surface area (Å²) in [5, 5.41) is 0. The molecule has 8 heavy (non-hydrogen) atoms. The first-order valence-corrected chi connectivity index (χ1v) is 3.90. The van der Waals surface area contributed by atoms with Gasteiger partial charge in [-0.25, -0.2) is 0 Å². The fraction of sp³-hybridized carbons (Fsp3) is 1.00. The van der Waals surface area contributed by atoms with Crippen LogP contribution in [0.3, 0.4) is 0 Å². The lowest BCUT2D eigenvalue weighted by Gasteiger charge is -2.07. The topological polar surface area (TPSA) is 15.3 Å². The Morgan fingerprint density at radius 1 is 1.50 bits per heavy atom. The molecule has 0 bridgehead atoms. The van der Waals surface area contributed by atoms with Crippen molar-refractivity contribution in [2.24, 2.45) is 0 Å². The third-order valence-electron chi connectivity index (χ3n) is 0.805. The molecule has 0 heterocycles. The van der Waals surface area contributed by atoms with Crippen LogP contribution >= 0.6 is 11.9 Å². The fourth-order valence-electron chi connectivity index (χ4n) is 0.371. The van der Waals surface area contributed by atoms with E-state index in [1.54, 1.807) is 11.9 Å². The van der Waals surface area contributed by atoms with E-state index in [0.29, 0.717) is 0 Å². The lowest BCUT2D eigenvalue weighted by molar-refractivity contribution is 0.415. The van der Waals surface area contributed by atoms with Gasteiger partial charge in [-0.15, -0.1) is 0 Å². The zero-order chi connectivity index (χ0) is 6.41. The summed E-state index contributed by atoms with van der Waals surface area (Å²) in [6.45, 7) is 2.18. The lowest BCUT2D eigenvalue weighted by atomic mass is 10.6. The van der Waals surface area contributed by atoms with Crippen molar-refractivity contribution in [2.75, 3.05) is 33.4 Å². The highest BCUT2D eigenvalue weighted by Crippen LogP contribution is 1.79. The van der Waals surface area contributed by atoms with Crippen LogP contribution in [-0.2, 0) is 0 Å². The standard InChI is InChI=1S/C5H14N2S/c1-7(2)5-4-6-8-3/h6H,4-5H2,1-3H3. The highest BCUT2D eigenvalue weighted by molar-refractivity contribution is 7.96. The number of nitrogens with one attached hydrogen (secondary N) is 1. The molecule has 0 aliphatic carbocycles. The van der Waals surface area contributed by atoms with Crippen molar-refractivity contribution in [2.45, 2.75) is 0 Å². The number of likely N-dealkylation sites (N-methyl/N-ethyl adjacent to an activating group) is 1. The smallest absolute Gasteiger partial charge is 0.0186 e. The molecule has 0 radical (unpaired) electrons.